The van der Waals surface area contributed by atoms with Crippen LogP contribution in [0.25, 0.3) is 0 Å². The van der Waals surface area contributed by atoms with Crippen LogP contribution in [0, 0.1) is 36.1 Å². The first-order valence-corrected chi connectivity index (χ1v) is 31.4. The summed E-state index contributed by atoms with van der Waals surface area (Å²) in [6.07, 6.45) is 0.501. The van der Waals surface area contributed by atoms with Crippen LogP contribution < -0.4 is 0 Å². The number of nitrogens with zero attached hydrogens (tertiary/aromatic N) is 1. The van der Waals surface area contributed by atoms with E-state index < -0.39 is 29.4 Å². The topological polar surface area (TPSA) is 32.6 Å². The van der Waals surface area contributed by atoms with Gasteiger partial charge >= 0.3 is 98.8 Å². The molecule has 39 heavy (non-hydrogen) atoms. The minimum absolute atomic E-state index is 0.501. The fourth-order valence-corrected chi connectivity index (χ4v) is 95.3. The van der Waals surface area contributed by atoms with Crippen LogP contribution in [-0.4, -0.2) is 40.7 Å². The molecule has 0 spiro atoms. The van der Waals surface area contributed by atoms with E-state index in [1.807, 2.05) is 0 Å². The Morgan fingerprint density at radius 3 is 1.10 bits per heavy atom. The SMILES string of the molecule is CC(C)c1cccc(C(C)C)c1[N]=[Ta].C[C]1[C](C)[C](C)[C](C)[C]1C.[CH2-][Si](C)(C)[Si](CO)([Si](C)(C)C)[Si](C)(C)C. The van der Waals surface area contributed by atoms with Gasteiger partial charge in [0.25, 0.3) is 0 Å². The minimum Gasteiger partial charge on any atom is -0.401 e. The Balaban J connectivity index is 0.000000566. The number of aliphatic hydroxyl groups excluding tert-OH is 1. The molecule has 222 valence electrons. The summed E-state index contributed by atoms with van der Waals surface area (Å²) in [6.45, 7) is 42.5. The van der Waals surface area contributed by atoms with Crippen molar-refractivity contribution in [3.8, 4) is 0 Å². The van der Waals surface area contributed by atoms with Crippen molar-refractivity contribution in [2.75, 3.05) is 6.23 Å². The van der Waals surface area contributed by atoms with Gasteiger partial charge in [0.1, 0.15) is 0 Å². The Kier molecular flexibility index (Phi) is 15.6. The van der Waals surface area contributed by atoms with Gasteiger partial charge in [-0.3, -0.25) is 0 Å². The average Bonchev–Trinajstić information content (AvgIpc) is 2.94. The maximum absolute atomic E-state index is 10.1. The molecule has 0 saturated heterocycles. The van der Waals surface area contributed by atoms with Gasteiger partial charge in [0.2, 0.25) is 0 Å². The summed E-state index contributed by atoms with van der Waals surface area (Å²) in [4.78, 5) is 0. The number of benzene rings is 1. The second-order valence-electron chi connectivity index (χ2n) is 14.8. The van der Waals surface area contributed by atoms with E-state index in [4.69, 9.17) is 0 Å². The van der Waals surface area contributed by atoms with Crippen molar-refractivity contribution in [2.45, 2.75) is 127 Å². The van der Waals surface area contributed by atoms with Gasteiger partial charge in [-0.2, -0.15) is 0 Å². The Hall–Kier alpha value is 0.588. The third-order valence-electron chi connectivity index (χ3n) is 9.21. The van der Waals surface area contributed by atoms with Gasteiger partial charge in [0.05, 0.1) is 0 Å². The van der Waals surface area contributed by atoms with Crippen LogP contribution in [0.15, 0.2) is 21.5 Å². The molecule has 1 saturated carbocycles. The number of hydrogen-bond acceptors (Lipinski definition) is 2. The number of hydrogen-bond donors (Lipinski definition) is 1. The van der Waals surface area contributed by atoms with Gasteiger partial charge in [-0.1, -0.05) is 87.0 Å². The first-order chi connectivity index (χ1) is 17.4. The van der Waals surface area contributed by atoms with E-state index in [0.29, 0.717) is 18.1 Å². The molecule has 0 amide bonds. The summed E-state index contributed by atoms with van der Waals surface area (Å²) in [6, 6.07) is 6.55. The van der Waals surface area contributed by atoms with Gasteiger partial charge in [-0.15, -0.1) is 7.59 Å². The molecule has 1 aliphatic carbocycles. The smallest absolute Gasteiger partial charge is 0.0381 e. The monoisotopic (exact) mass is 768 g/mol. The molecule has 0 unspecified atom stereocenters. The van der Waals surface area contributed by atoms with Crippen molar-refractivity contribution in [2.24, 2.45) is 3.34 Å². The maximum Gasteiger partial charge on any atom is 0.0381 e. The van der Waals surface area contributed by atoms with Gasteiger partial charge in [-0.05, 0) is 29.6 Å². The van der Waals surface area contributed by atoms with E-state index in [9.17, 15) is 5.11 Å². The predicted molar refractivity (Wildman–Crippen MR) is 184 cm³/mol. The van der Waals surface area contributed by atoms with Crippen LogP contribution >= 0.6 is 0 Å². The summed E-state index contributed by atoms with van der Waals surface area (Å²) in [5, 5.41) is 10.1. The Morgan fingerprint density at radius 2 is 0.974 bits per heavy atom. The molecule has 2 nitrogen and oxygen atoms in total. The summed E-state index contributed by atoms with van der Waals surface area (Å²) in [5.41, 5.74) is 4.02. The zero-order chi connectivity index (χ0) is 31.3. The maximum atomic E-state index is 10.1. The van der Waals surface area contributed by atoms with E-state index in [-0.39, 0.29) is 0 Å². The Morgan fingerprint density at radius 1 is 0.692 bits per heavy atom. The first-order valence-electron chi connectivity index (χ1n) is 14.6. The Labute approximate surface area is 261 Å². The van der Waals surface area contributed by atoms with Crippen molar-refractivity contribution in [3.63, 3.8) is 0 Å². The summed E-state index contributed by atoms with van der Waals surface area (Å²) in [5.74, 6) is 8.47. The quantitative estimate of drug-likeness (QED) is 0.218. The molecular weight excluding hydrogens is 708 g/mol. The molecule has 0 bridgehead atoms. The number of aliphatic hydroxyl groups is 1. The van der Waals surface area contributed by atoms with E-state index in [1.54, 1.807) is 0 Å². The molecule has 1 fully saturated rings. The Bertz CT molecular complexity index is 792. The predicted octanol–water partition coefficient (Wildman–Crippen LogP) is 10.2. The fourth-order valence-electron chi connectivity index (χ4n) is 6.88. The van der Waals surface area contributed by atoms with Crippen molar-refractivity contribution >= 4 is 35.1 Å². The van der Waals surface area contributed by atoms with Gasteiger partial charge < -0.3 is 11.7 Å². The zero-order valence-electron chi connectivity index (χ0n) is 28.6. The van der Waals surface area contributed by atoms with Crippen LogP contribution in [0.5, 0.6) is 0 Å². The van der Waals surface area contributed by atoms with E-state index in [0.717, 1.165) is 20.9 Å². The summed E-state index contributed by atoms with van der Waals surface area (Å²) >= 11 is 1.09. The minimum atomic E-state index is -1.51. The van der Waals surface area contributed by atoms with E-state index >= 15 is 0 Å². The second kappa shape index (κ2) is 15.4. The average molecular weight is 769 g/mol. The molecule has 1 aromatic carbocycles. The largest absolute Gasteiger partial charge is 0.401 e. The third kappa shape index (κ3) is 9.29. The van der Waals surface area contributed by atoms with Gasteiger partial charge in [0.15, 0.2) is 0 Å². The summed E-state index contributed by atoms with van der Waals surface area (Å²) < 4.78 is 4.52. The van der Waals surface area contributed by atoms with Crippen LogP contribution in [0.4, 0.5) is 5.69 Å². The van der Waals surface area contributed by atoms with Crippen molar-refractivity contribution in [1.82, 2.24) is 0 Å². The van der Waals surface area contributed by atoms with Crippen LogP contribution in [0.3, 0.4) is 0 Å². The van der Waals surface area contributed by atoms with Gasteiger partial charge in [0, 0.05) is 28.0 Å². The van der Waals surface area contributed by atoms with Gasteiger partial charge in [-0.25, -0.2) is 0 Å². The van der Waals surface area contributed by atoms with E-state index in [2.05, 4.69) is 143 Å². The zero-order valence-corrected chi connectivity index (χ0v) is 35.9. The first kappa shape index (κ1) is 39.6. The second-order valence-corrected chi connectivity index (χ2v) is 55.6. The molecular formula is C32H61NOSi4Ta-. The molecule has 0 heterocycles. The fraction of sp³-hybridized carbons (Fsp3) is 0.625. The normalized spacial score (nSPS) is 17.2. The standard InChI is InChI=1S/C12H17N.C10H29OSi4.C10H15.Ta/c1-8(2)10-6-5-7-11(9(3)4)12(10)13;1-12(2,3)15(10-11,13(4,5)6)14(7,8)9;1-6-7(2)9(4)10(5)8(6)3;/h5-9H,1-4H3;11H,1,10H2,2-9H3;1-5H3;/q;-1;;. The molecule has 1 N–H and O–H groups in total. The van der Waals surface area contributed by atoms with Crippen molar-refractivity contribution < 1.29 is 26.0 Å². The van der Waals surface area contributed by atoms with Crippen molar-refractivity contribution in [1.29, 1.82) is 0 Å². The van der Waals surface area contributed by atoms with Crippen LogP contribution in [0.1, 0.15) is 85.3 Å². The summed E-state index contributed by atoms with van der Waals surface area (Å²) in [7, 11) is -3.96. The van der Waals surface area contributed by atoms with Crippen LogP contribution in [0.2, 0.25) is 52.4 Å². The molecule has 1 aliphatic rings. The molecule has 2 rings (SSSR count). The van der Waals surface area contributed by atoms with Crippen molar-refractivity contribution in [3.05, 3.63) is 65.5 Å². The molecule has 0 aromatic heterocycles. The molecule has 5 radical (unpaired) electrons. The molecule has 0 aliphatic heterocycles. The molecule has 1 aromatic rings. The number of rotatable bonds is 7. The van der Waals surface area contributed by atoms with Crippen LogP contribution in [-0.2, 0) is 20.9 Å². The third-order valence-corrected chi connectivity index (χ3v) is 80.7. The molecule has 0 atom stereocenters. The van der Waals surface area contributed by atoms with E-state index in [1.165, 1.54) is 46.4 Å². The molecule has 7 heteroatoms.